The molecule has 6 rings (SSSR count). The van der Waals surface area contributed by atoms with Crippen molar-refractivity contribution in [3.8, 4) is 5.75 Å². The molecular weight excluding hydrogens is 941 g/mol. The lowest BCUT2D eigenvalue weighted by Gasteiger charge is -2.12. The van der Waals surface area contributed by atoms with Crippen molar-refractivity contribution < 1.29 is 62.7 Å². The fraction of sp³-hybridized carbons (Fsp3) is 0.0667. The van der Waals surface area contributed by atoms with E-state index in [9.17, 15) is 39.3 Å². The lowest BCUT2D eigenvalue weighted by molar-refractivity contribution is -0.432. The van der Waals surface area contributed by atoms with Crippen LogP contribution in [0.3, 0.4) is 0 Å². The molecule has 24 nitrogen and oxygen atoms in total. The first kappa shape index (κ1) is 45.0. The highest BCUT2D eigenvalue weighted by Crippen LogP contribution is 2.45. The van der Waals surface area contributed by atoms with Crippen LogP contribution in [0.4, 0.5) is 50.7 Å². The Morgan fingerprint density at radius 1 is 0.738 bits per heavy atom. The molecule has 0 bridgehead atoms. The van der Waals surface area contributed by atoms with Crippen LogP contribution in [0, 0.1) is 6.08 Å². The van der Waals surface area contributed by atoms with Crippen LogP contribution in [0.5, 0.6) is 5.75 Å². The molecule has 0 spiro atoms. The van der Waals surface area contributed by atoms with Crippen molar-refractivity contribution in [3.63, 3.8) is 0 Å². The molecule has 61 heavy (non-hydrogen) atoms. The van der Waals surface area contributed by atoms with Crippen LogP contribution in [0.25, 0.3) is 10.8 Å². The van der Waals surface area contributed by atoms with Crippen LogP contribution in [-0.4, -0.2) is 87.0 Å². The number of halogens is 3. The van der Waals surface area contributed by atoms with Gasteiger partial charge in [0, 0.05) is 22.4 Å². The van der Waals surface area contributed by atoms with Crippen molar-refractivity contribution in [2.75, 3.05) is 28.3 Å². The number of nitrogens with zero attached hydrogens (tertiary/aromatic N) is 8. The molecule has 0 radical (unpaired) electrons. The normalized spacial score (nSPS) is 12.2. The number of azo groups is 1. The number of nitrogens with one attached hydrogen (secondary N) is 3. The molecule has 0 amide bonds. The molecule has 0 aliphatic carbocycles. The number of fused-ring (bicyclic) bond motifs is 1. The fourth-order valence-electron chi connectivity index (χ4n) is 4.98. The van der Waals surface area contributed by atoms with Gasteiger partial charge in [-0.3, -0.25) is 9.11 Å². The Balaban J connectivity index is 1.26. The molecule has 0 saturated heterocycles. The Morgan fingerprint density at radius 2 is 1.33 bits per heavy atom. The summed E-state index contributed by atoms with van der Waals surface area (Å²) in [5, 5.41) is 40.1. The lowest BCUT2D eigenvalue weighted by Crippen LogP contribution is -2.15. The number of hydrogen-bond donors (Lipinski definition) is 7. The van der Waals surface area contributed by atoms with E-state index in [2.05, 4.69) is 69.6 Å². The average Bonchev–Trinajstić information content (AvgIpc) is 3.15. The Bertz CT molecular complexity index is 3000. The summed E-state index contributed by atoms with van der Waals surface area (Å²) in [5.41, 5.74) is -0.295. The number of hydrogen-bond acceptors (Lipinski definition) is 23. The molecule has 6 aromatic rings. The summed E-state index contributed by atoms with van der Waals surface area (Å²) in [7, 11) is -13.8. The summed E-state index contributed by atoms with van der Waals surface area (Å²) in [6.45, 7) is -0.839. The number of rotatable bonds is 17. The molecule has 0 saturated carbocycles. The summed E-state index contributed by atoms with van der Waals surface area (Å²) >= 11 is 12.1. The smallest absolute Gasteiger partial charge is 0.397 e. The zero-order valence-electron chi connectivity index (χ0n) is 29.6. The van der Waals surface area contributed by atoms with Gasteiger partial charge >= 0.3 is 16.5 Å². The maximum absolute atomic E-state index is 14.6. The van der Waals surface area contributed by atoms with E-state index in [4.69, 9.17) is 33.0 Å². The maximum Gasteiger partial charge on any atom is 0.397 e. The Labute approximate surface area is 355 Å². The van der Waals surface area contributed by atoms with Gasteiger partial charge in [0.1, 0.15) is 16.3 Å². The van der Waals surface area contributed by atoms with Crippen LogP contribution >= 0.6 is 35.2 Å². The Kier molecular flexibility index (Phi) is 13.7. The van der Waals surface area contributed by atoms with Crippen molar-refractivity contribution in [1.82, 2.24) is 29.9 Å². The molecular formula is C30H22Cl2FN11O13S4. The van der Waals surface area contributed by atoms with Gasteiger partial charge in [0.2, 0.25) is 28.4 Å². The number of phenolic OH excluding ortho intramolecular Hbond substituents is 1. The van der Waals surface area contributed by atoms with Gasteiger partial charge in [-0.1, -0.05) is 5.04 Å². The predicted octanol–water partition coefficient (Wildman–Crippen LogP) is 6.28. The minimum atomic E-state index is -4.96. The molecule has 4 aromatic carbocycles. The number of sulfone groups is 1. The highest BCUT2D eigenvalue weighted by Gasteiger charge is 2.21. The van der Waals surface area contributed by atoms with Gasteiger partial charge in [0.25, 0.3) is 10.1 Å². The van der Waals surface area contributed by atoms with Crippen LogP contribution in [0.2, 0.25) is 10.6 Å². The SMILES string of the molecule is O=S(=O)(O)OCCS(=O)(=O)c1ccc(Nc2nc(F)nc(Nc3ccc(S(=O)(=O)O)c(N=Nc4c(SOOO)cc5cc(Nc6nc(Cl)nc(Cl)n6)ccc5c4O)c3)n2)cc1. The van der Waals surface area contributed by atoms with Gasteiger partial charge in [0.15, 0.2) is 15.6 Å². The fourth-order valence-corrected chi connectivity index (χ4v) is 7.93. The van der Waals surface area contributed by atoms with Gasteiger partial charge in [-0.2, -0.15) is 51.1 Å². The van der Waals surface area contributed by atoms with Gasteiger partial charge in [0.05, 0.1) is 34.2 Å². The van der Waals surface area contributed by atoms with Crippen molar-refractivity contribution in [3.05, 3.63) is 83.4 Å². The van der Waals surface area contributed by atoms with E-state index in [1.165, 1.54) is 30.3 Å². The number of aromatic hydroxyl groups is 1. The van der Waals surface area contributed by atoms with Gasteiger partial charge in [-0.05, 0) is 95.3 Å². The second kappa shape index (κ2) is 18.6. The molecule has 2 aromatic heterocycles. The molecule has 0 atom stereocenters. The minimum absolute atomic E-state index is 0.00211. The molecule has 0 fully saturated rings. The monoisotopic (exact) mass is 961 g/mol. The maximum atomic E-state index is 14.6. The number of benzene rings is 4. The summed E-state index contributed by atoms with van der Waals surface area (Å²) in [6, 6.07) is 13.9. The summed E-state index contributed by atoms with van der Waals surface area (Å²) in [4.78, 5) is 21.6. The van der Waals surface area contributed by atoms with E-state index in [1.807, 2.05) is 0 Å². The van der Waals surface area contributed by atoms with Crippen molar-refractivity contribution in [2.45, 2.75) is 14.7 Å². The van der Waals surface area contributed by atoms with E-state index in [0.29, 0.717) is 23.1 Å². The van der Waals surface area contributed by atoms with Gasteiger partial charge < -0.3 is 21.1 Å². The Morgan fingerprint density at radius 3 is 1.95 bits per heavy atom. The van der Waals surface area contributed by atoms with E-state index < -0.39 is 71.1 Å². The average molecular weight is 963 g/mol. The first-order chi connectivity index (χ1) is 28.8. The summed E-state index contributed by atoms with van der Waals surface area (Å²) < 4.78 is 113. The highest BCUT2D eigenvalue weighted by molar-refractivity contribution is 7.94. The largest absolute Gasteiger partial charge is 0.505 e. The molecule has 7 N–H and O–H groups in total. The zero-order chi connectivity index (χ0) is 44.1. The van der Waals surface area contributed by atoms with E-state index in [1.54, 1.807) is 6.07 Å². The van der Waals surface area contributed by atoms with Crippen molar-refractivity contribution in [2.24, 2.45) is 10.2 Å². The van der Waals surface area contributed by atoms with Crippen LogP contribution in [0.1, 0.15) is 0 Å². The van der Waals surface area contributed by atoms with Crippen LogP contribution in [0.15, 0.2) is 91.6 Å². The predicted molar refractivity (Wildman–Crippen MR) is 212 cm³/mol. The second-order valence-corrected chi connectivity index (χ2v) is 17.5. The standard InChI is InChI=1S/C30H22Cl2FN11O13S4/c31-25-37-26(32)39-28(38-25)35-16-3-7-19-14(11-16)12-21(58-57-56-46)23(24(19)45)44-43-20-13-17(4-8-22(20)60(49,50)51)36-30-41-27(33)40-29(42-30)34-15-1-5-18(6-2-15)59(47,48)10-9-55-61(52,53)54/h1-8,11-13,45-46H,9-10H2,(H,49,50,51)(H,52,53,54)(H,35,37,38,39)(H2,34,36,40,41,42). The summed E-state index contributed by atoms with van der Waals surface area (Å²) in [5.74, 6) is -2.09. The first-order valence-corrected chi connectivity index (χ1v) is 21.9. The first-order valence-electron chi connectivity index (χ1n) is 16.0. The molecule has 31 heteroatoms. The van der Waals surface area contributed by atoms with E-state index in [-0.39, 0.29) is 54.7 Å². The topological polar surface area (TPSA) is 349 Å². The van der Waals surface area contributed by atoms with Crippen LogP contribution < -0.4 is 16.0 Å². The molecule has 0 aliphatic rings. The number of anilines is 6. The molecule has 0 aliphatic heterocycles. The van der Waals surface area contributed by atoms with Crippen molar-refractivity contribution in [1.29, 1.82) is 0 Å². The molecule has 0 unspecified atom stereocenters. The number of aromatic nitrogens is 6. The van der Waals surface area contributed by atoms with Gasteiger partial charge in [-0.25, -0.2) is 17.9 Å². The van der Waals surface area contributed by atoms with Gasteiger partial charge in [-0.15, -0.1) is 14.6 Å². The third-order valence-corrected chi connectivity index (χ3v) is 11.5. The highest BCUT2D eigenvalue weighted by atomic mass is 35.5. The third kappa shape index (κ3) is 12.1. The second-order valence-electron chi connectivity index (χ2n) is 11.5. The quantitative estimate of drug-likeness (QED) is 0.0174. The minimum Gasteiger partial charge on any atom is -0.505 e. The zero-order valence-corrected chi connectivity index (χ0v) is 34.4. The van der Waals surface area contributed by atoms with E-state index >= 15 is 0 Å². The third-order valence-electron chi connectivity index (χ3n) is 7.45. The Hall–Kier alpha value is -5.57. The van der Waals surface area contributed by atoms with Crippen LogP contribution in [-0.2, 0) is 43.9 Å². The summed E-state index contributed by atoms with van der Waals surface area (Å²) in [6.07, 6.45) is -1.29. The van der Waals surface area contributed by atoms with E-state index in [0.717, 1.165) is 30.3 Å². The molecule has 2 heterocycles. The number of phenols is 1. The lowest BCUT2D eigenvalue weighted by atomic mass is 10.1. The van der Waals surface area contributed by atoms with Crippen molar-refractivity contribution >= 4 is 123 Å². The molecule has 320 valence electrons.